The molecule has 0 N–H and O–H groups in total. The van der Waals surface area contributed by atoms with Crippen LogP contribution in [-0.2, 0) is 23.6 Å². The lowest BCUT2D eigenvalue weighted by Gasteiger charge is -2.06. The first kappa shape index (κ1) is 13.0. The van der Waals surface area contributed by atoms with Crippen molar-refractivity contribution in [3.8, 4) is 0 Å². The van der Waals surface area contributed by atoms with Crippen LogP contribution < -0.4 is 0 Å². The van der Waals surface area contributed by atoms with Gasteiger partial charge in [-0.3, -0.25) is 4.21 Å². The Morgan fingerprint density at radius 1 is 1.28 bits per heavy atom. The molecule has 0 saturated heterocycles. The topological polar surface area (TPSA) is 47.8 Å². The third-order valence-corrected chi connectivity index (χ3v) is 4.19. The Morgan fingerprint density at radius 2 is 1.94 bits per heavy atom. The molecule has 18 heavy (non-hydrogen) atoms. The number of benzene rings is 1. The molecule has 0 aliphatic carbocycles. The molecule has 4 nitrogen and oxygen atoms in total. The minimum Gasteiger partial charge on any atom is -0.320 e. The van der Waals surface area contributed by atoms with E-state index >= 15 is 0 Å². The van der Waals surface area contributed by atoms with Crippen LogP contribution in [0.1, 0.15) is 31.2 Å². The molecule has 0 fully saturated rings. The van der Waals surface area contributed by atoms with Crippen LogP contribution in [0.15, 0.2) is 35.5 Å². The summed E-state index contributed by atoms with van der Waals surface area (Å²) in [5, 5.41) is 7.73. The number of aryl methyl sites for hydroxylation is 1. The average molecular weight is 263 g/mol. The summed E-state index contributed by atoms with van der Waals surface area (Å²) in [5.41, 5.74) is 1.26. The normalized spacial score (nSPS) is 12.9. The van der Waals surface area contributed by atoms with Crippen molar-refractivity contribution in [2.24, 2.45) is 7.05 Å². The fraction of sp³-hybridized carbons (Fsp3) is 0.385. The number of aromatic nitrogens is 3. The van der Waals surface area contributed by atoms with E-state index in [9.17, 15) is 4.21 Å². The number of hydrogen-bond donors (Lipinski definition) is 0. The summed E-state index contributed by atoms with van der Waals surface area (Å²) in [5.74, 6) is 1.63. The Morgan fingerprint density at radius 3 is 2.44 bits per heavy atom. The molecule has 0 radical (unpaired) electrons. The molecule has 5 heteroatoms. The van der Waals surface area contributed by atoms with Crippen molar-refractivity contribution in [2.45, 2.75) is 30.4 Å². The Bertz CT molecular complexity index is 546. The molecule has 0 bridgehead atoms. The van der Waals surface area contributed by atoms with E-state index in [2.05, 4.69) is 24.0 Å². The Labute approximate surface area is 110 Å². The van der Waals surface area contributed by atoms with Crippen molar-refractivity contribution >= 4 is 10.8 Å². The summed E-state index contributed by atoms with van der Waals surface area (Å²) in [7, 11) is 0.788. The number of rotatable bonds is 4. The lowest BCUT2D eigenvalue weighted by atomic mass is 10.0. The maximum Gasteiger partial charge on any atom is 0.145 e. The maximum atomic E-state index is 12.2. The lowest BCUT2D eigenvalue weighted by molar-refractivity contribution is 0.679. The van der Waals surface area contributed by atoms with Crippen molar-refractivity contribution < 1.29 is 4.21 Å². The molecule has 2 aromatic rings. The van der Waals surface area contributed by atoms with E-state index in [1.54, 1.807) is 10.9 Å². The molecule has 1 aromatic heterocycles. The fourth-order valence-electron chi connectivity index (χ4n) is 1.64. The summed E-state index contributed by atoms with van der Waals surface area (Å²) in [6.07, 6.45) is 1.62. The third kappa shape index (κ3) is 2.85. The monoisotopic (exact) mass is 263 g/mol. The summed E-state index contributed by atoms with van der Waals surface area (Å²) in [6.45, 7) is 4.29. The van der Waals surface area contributed by atoms with Crippen LogP contribution in [0.3, 0.4) is 0 Å². The van der Waals surface area contributed by atoms with Crippen molar-refractivity contribution in [1.29, 1.82) is 0 Å². The van der Waals surface area contributed by atoms with E-state index in [1.807, 2.05) is 31.3 Å². The largest absolute Gasteiger partial charge is 0.320 e. The van der Waals surface area contributed by atoms with E-state index in [0.29, 0.717) is 11.7 Å². The van der Waals surface area contributed by atoms with Crippen molar-refractivity contribution in [1.82, 2.24) is 14.8 Å². The minimum atomic E-state index is -1.07. The van der Waals surface area contributed by atoms with Crippen molar-refractivity contribution in [2.75, 3.05) is 0 Å². The summed E-state index contributed by atoms with van der Waals surface area (Å²) in [6, 6.07) is 7.94. The second kappa shape index (κ2) is 5.44. The van der Waals surface area contributed by atoms with Gasteiger partial charge >= 0.3 is 0 Å². The van der Waals surface area contributed by atoms with Gasteiger partial charge in [0, 0.05) is 11.9 Å². The zero-order chi connectivity index (χ0) is 13.1. The molecule has 2 rings (SSSR count). The van der Waals surface area contributed by atoms with E-state index in [-0.39, 0.29) is 0 Å². The van der Waals surface area contributed by atoms with Gasteiger partial charge in [0.15, 0.2) is 0 Å². The molecule has 0 saturated carbocycles. The highest BCUT2D eigenvalue weighted by Gasteiger charge is 2.09. The van der Waals surface area contributed by atoms with Crippen LogP contribution in [0, 0.1) is 0 Å². The van der Waals surface area contributed by atoms with Crippen molar-refractivity contribution in [3.63, 3.8) is 0 Å². The van der Waals surface area contributed by atoms with Gasteiger partial charge in [0.1, 0.15) is 12.2 Å². The molecule has 0 unspecified atom stereocenters. The first-order chi connectivity index (χ1) is 8.58. The molecular weight excluding hydrogens is 246 g/mol. The number of nitrogens with zero attached hydrogens (tertiary/aromatic N) is 3. The predicted molar refractivity (Wildman–Crippen MR) is 71.6 cm³/mol. The van der Waals surface area contributed by atoms with Crippen LogP contribution in [0.25, 0.3) is 0 Å². The van der Waals surface area contributed by atoms with E-state index in [0.717, 1.165) is 10.7 Å². The minimum absolute atomic E-state index is 0.400. The second-order valence-electron chi connectivity index (χ2n) is 4.57. The lowest BCUT2D eigenvalue weighted by Crippen LogP contribution is -2.03. The van der Waals surface area contributed by atoms with Gasteiger partial charge in [0.2, 0.25) is 0 Å². The first-order valence-corrected chi connectivity index (χ1v) is 7.21. The molecule has 0 aliphatic rings. The zero-order valence-electron chi connectivity index (χ0n) is 10.8. The molecule has 1 atom stereocenters. The predicted octanol–water partition coefficient (Wildman–Crippen LogP) is 2.25. The van der Waals surface area contributed by atoms with Gasteiger partial charge in [0.25, 0.3) is 0 Å². The standard InChI is InChI=1S/C13H17N3OS/c1-10(2)11-4-6-12(7-5-11)18(17)8-13-15-14-9-16(13)3/h4-7,9-10H,8H2,1-3H3/t18-/m0/s1. The zero-order valence-corrected chi connectivity index (χ0v) is 11.6. The van der Waals surface area contributed by atoms with Crippen LogP contribution >= 0.6 is 0 Å². The molecular formula is C13H17N3OS. The maximum absolute atomic E-state index is 12.2. The van der Waals surface area contributed by atoms with Crippen LogP contribution in [0.5, 0.6) is 0 Å². The molecule has 1 aromatic carbocycles. The smallest absolute Gasteiger partial charge is 0.145 e. The third-order valence-electron chi connectivity index (χ3n) is 2.87. The highest BCUT2D eigenvalue weighted by atomic mass is 32.2. The van der Waals surface area contributed by atoms with Gasteiger partial charge < -0.3 is 4.57 Å². The van der Waals surface area contributed by atoms with Crippen LogP contribution in [0.2, 0.25) is 0 Å². The van der Waals surface area contributed by atoms with E-state index in [1.165, 1.54) is 5.56 Å². The first-order valence-electron chi connectivity index (χ1n) is 5.89. The fourth-order valence-corrected chi connectivity index (χ4v) is 2.75. The summed E-state index contributed by atoms with van der Waals surface area (Å²) >= 11 is 0. The SMILES string of the molecule is CC(C)c1ccc([S@@](=O)Cc2nncn2C)cc1. The Kier molecular flexibility index (Phi) is 3.91. The average Bonchev–Trinajstić information content (AvgIpc) is 2.75. The van der Waals surface area contributed by atoms with Gasteiger partial charge in [-0.05, 0) is 23.6 Å². The molecule has 0 amide bonds. The van der Waals surface area contributed by atoms with Gasteiger partial charge in [-0.15, -0.1) is 10.2 Å². The number of hydrogen-bond acceptors (Lipinski definition) is 3. The Balaban J connectivity index is 2.12. The highest BCUT2D eigenvalue weighted by molar-refractivity contribution is 7.84. The van der Waals surface area contributed by atoms with Crippen molar-refractivity contribution in [3.05, 3.63) is 42.0 Å². The molecule has 0 spiro atoms. The quantitative estimate of drug-likeness (QED) is 0.850. The highest BCUT2D eigenvalue weighted by Crippen LogP contribution is 2.17. The molecule has 0 aliphatic heterocycles. The summed E-state index contributed by atoms with van der Waals surface area (Å²) < 4.78 is 14.0. The van der Waals surface area contributed by atoms with E-state index < -0.39 is 10.8 Å². The van der Waals surface area contributed by atoms with Gasteiger partial charge in [-0.1, -0.05) is 26.0 Å². The second-order valence-corrected chi connectivity index (χ2v) is 6.02. The van der Waals surface area contributed by atoms with Gasteiger partial charge in [0.05, 0.1) is 16.6 Å². The van der Waals surface area contributed by atoms with E-state index in [4.69, 9.17) is 0 Å². The van der Waals surface area contributed by atoms with Crippen LogP contribution in [0.4, 0.5) is 0 Å². The summed E-state index contributed by atoms with van der Waals surface area (Å²) in [4.78, 5) is 0.836. The molecule has 96 valence electrons. The van der Waals surface area contributed by atoms with Gasteiger partial charge in [-0.2, -0.15) is 0 Å². The Hall–Kier alpha value is -1.49. The molecule has 1 heterocycles. The van der Waals surface area contributed by atoms with Crippen LogP contribution in [-0.4, -0.2) is 19.0 Å². The van der Waals surface area contributed by atoms with Gasteiger partial charge in [-0.25, -0.2) is 0 Å².